The fourth-order valence-corrected chi connectivity index (χ4v) is 3.87. The van der Waals surface area contributed by atoms with E-state index in [0.717, 1.165) is 11.4 Å². The molecule has 0 radical (unpaired) electrons. The van der Waals surface area contributed by atoms with Crippen molar-refractivity contribution < 1.29 is 14.6 Å². The highest BCUT2D eigenvalue weighted by Crippen LogP contribution is 2.45. The first-order chi connectivity index (χ1) is 8.70. The van der Waals surface area contributed by atoms with Crippen LogP contribution in [0.3, 0.4) is 0 Å². The van der Waals surface area contributed by atoms with Gasteiger partial charge in [-0.1, -0.05) is 11.8 Å². The molecule has 0 aromatic carbocycles. The Morgan fingerprint density at radius 2 is 2.16 bits per heavy atom. The third-order valence-corrected chi connectivity index (χ3v) is 4.72. The highest BCUT2D eigenvalue weighted by atomic mass is 32.2. The maximum Gasteiger partial charge on any atom is 0.335 e. The smallest absolute Gasteiger partial charge is 0.335 e. The summed E-state index contributed by atoms with van der Waals surface area (Å²) < 4.78 is 6.03. The second-order valence-electron chi connectivity index (χ2n) is 5.96. The Labute approximate surface area is 117 Å². The van der Waals surface area contributed by atoms with Gasteiger partial charge in [-0.2, -0.15) is 0 Å². The van der Waals surface area contributed by atoms with Gasteiger partial charge in [0.2, 0.25) is 0 Å². The molecule has 1 aromatic heterocycles. The molecule has 1 N–H and O–H groups in total. The Morgan fingerprint density at radius 3 is 2.68 bits per heavy atom. The molecular formula is C14H19NO3S. The average molecular weight is 281 g/mol. The van der Waals surface area contributed by atoms with Gasteiger partial charge in [0, 0.05) is 11.4 Å². The number of carbonyl (C=O) groups is 1. The van der Waals surface area contributed by atoms with Gasteiger partial charge in [-0.05, 0) is 46.2 Å². The number of ether oxygens (including phenoxy) is 1. The van der Waals surface area contributed by atoms with Gasteiger partial charge in [0.15, 0.2) is 0 Å². The van der Waals surface area contributed by atoms with Crippen LogP contribution in [0.15, 0.2) is 23.4 Å². The van der Waals surface area contributed by atoms with Gasteiger partial charge in [-0.15, -0.1) is 0 Å². The fraction of sp³-hybridized carbons (Fsp3) is 0.571. The van der Waals surface area contributed by atoms with Crippen molar-refractivity contribution >= 4 is 17.7 Å². The minimum absolute atomic E-state index is 0.147. The van der Waals surface area contributed by atoms with E-state index in [-0.39, 0.29) is 22.0 Å². The van der Waals surface area contributed by atoms with E-state index in [4.69, 9.17) is 9.84 Å². The molecule has 19 heavy (non-hydrogen) atoms. The summed E-state index contributed by atoms with van der Waals surface area (Å²) >= 11 is 1.59. The van der Waals surface area contributed by atoms with Crippen LogP contribution in [0.4, 0.5) is 0 Å². The number of pyridine rings is 1. The maximum absolute atomic E-state index is 11.0. The first-order valence-electron chi connectivity index (χ1n) is 6.26. The highest BCUT2D eigenvalue weighted by molar-refractivity contribution is 8.00. The molecule has 1 aliphatic heterocycles. The summed E-state index contributed by atoms with van der Waals surface area (Å²) in [5, 5.41) is 9.99. The lowest BCUT2D eigenvalue weighted by Crippen LogP contribution is -2.31. The molecule has 0 saturated carbocycles. The summed E-state index contributed by atoms with van der Waals surface area (Å²) in [6.07, 6.45) is 2.46. The molecule has 1 atom stereocenters. The molecule has 1 fully saturated rings. The zero-order chi connectivity index (χ0) is 14.3. The number of nitrogens with zero attached hydrogens (tertiary/aromatic N) is 1. The van der Waals surface area contributed by atoms with Gasteiger partial charge >= 0.3 is 5.97 Å². The molecule has 0 spiro atoms. The number of aromatic nitrogens is 1. The van der Waals surface area contributed by atoms with Crippen LogP contribution in [0.2, 0.25) is 0 Å². The van der Waals surface area contributed by atoms with Crippen molar-refractivity contribution in [2.24, 2.45) is 0 Å². The van der Waals surface area contributed by atoms with Crippen LogP contribution < -0.4 is 0 Å². The summed E-state index contributed by atoms with van der Waals surface area (Å²) in [6, 6.07) is 3.13. The molecule has 0 aliphatic carbocycles. The number of thioether (sulfide) groups is 1. The van der Waals surface area contributed by atoms with Crippen molar-refractivity contribution in [2.45, 2.75) is 55.6 Å². The number of carboxylic acid groups (broad SMARTS) is 1. The van der Waals surface area contributed by atoms with Gasteiger partial charge in [0.1, 0.15) is 0 Å². The summed E-state index contributed by atoms with van der Waals surface area (Å²) in [6.45, 7) is 8.30. The van der Waals surface area contributed by atoms with Crippen molar-refractivity contribution in [3.05, 3.63) is 23.9 Å². The van der Waals surface area contributed by atoms with Gasteiger partial charge in [-0.3, -0.25) is 0 Å². The van der Waals surface area contributed by atoms with Crippen molar-refractivity contribution in [1.29, 1.82) is 0 Å². The zero-order valence-electron chi connectivity index (χ0n) is 11.6. The molecule has 2 rings (SSSR count). The summed E-state index contributed by atoms with van der Waals surface area (Å²) in [4.78, 5) is 15.2. The summed E-state index contributed by atoms with van der Waals surface area (Å²) in [5.41, 5.74) is -0.117. The number of aromatic carboxylic acids is 1. The SMILES string of the molecule is CC1(C)CC(Sc2cc(C(=O)O)ccn2)C(C)(C)O1. The second-order valence-corrected chi connectivity index (χ2v) is 7.19. The van der Waals surface area contributed by atoms with Crippen LogP contribution in [0, 0.1) is 0 Å². The molecule has 2 heterocycles. The van der Waals surface area contributed by atoms with E-state index >= 15 is 0 Å². The Bertz CT molecular complexity index is 499. The number of carboxylic acids is 1. The molecule has 1 unspecified atom stereocenters. The molecule has 1 aromatic rings. The van der Waals surface area contributed by atoms with Crippen LogP contribution >= 0.6 is 11.8 Å². The lowest BCUT2D eigenvalue weighted by molar-refractivity contribution is -0.0631. The normalized spacial score (nSPS) is 24.3. The monoisotopic (exact) mass is 281 g/mol. The van der Waals surface area contributed by atoms with E-state index < -0.39 is 5.97 Å². The highest BCUT2D eigenvalue weighted by Gasteiger charge is 2.46. The van der Waals surface area contributed by atoms with E-state index in [9.17, 15) is 4.79 Å². The number of hydrogen-bond donors (Lipinski definition) is 1. The molecule has 0 bridgehead atoms. The van der Waals surface area contributed by atoms with Crippen molar-refractivity contribution in [2.75, 3.05) is 0 Å². The number of rotatable bonds is 3. The molecular weight excluding hydrogens is 262 g/mol. The third-order valence-electron chi connectivity index (χ3n) is 3.24. The zero-order valence-corrected chi connectivity index (χ0v) is 12.5. The van der Waals surface area contributed by atoms with E-state index in [2.05, 4.69) is 32.7 Å². The van der Waals surface area contributed by atoms with Gasteiger partial charge in [-0.25, -0.2) is 9.78 Å². The summed E-state index contributed by atoms with van der Waals surface area (Å²) in [7, 11) is 0. The largest absolute Gasteiger partial charge is 0.478 e. The fourth-order valence-electron chi connectivity index (χ4n) is 2.45. The van der Waals surface area contributed by atoms with Crippen LogP contribution in [-0.2, 0) is 4.74 Å². The first-order valence-corrected chi connectivity index (χ1v) is 7.14. The predicted molar refractivity (Wildman–Crippen MR) is 74.7 cm³/mol. The lowest BCUT2D eigenvalue weighted by Gasteiger charge is -2.26. The van der Waals surface area contributed by atoms with Crippen molar-refractivity contribution in [3.8, 4) is 0 Å². The van der Waals surface area contributed by atoms with Crippen LogP contribution in [-0.4, -0.2) is 32.5 Å². The van der Waals surface area contributed by atoms with E-state index in [1.165, 1.54) is 6.07 Å². The molecule has 0 amide bonds. The predicted octanol–water partition coefficient (Wildman–Crippen LogP) is 3.22. The van der Waals surface area contributed by atoms with Crippen molar-refractivity contribution in [1.82, 2.24) is 4.98 Å². The maximum atomic E-state index is 11.0. The minimum Gasteiger partial charge on any atom is -0.478 e. The van der Waals surface area contributed by atoms with Gasteiger partial charge in [0.25, 0.3) is 0 Å². The Kier molecular flexibility index (Phi) is 3.62. The van der Waals surface area contributed by atoms with E-state index in [1.54, 1.807) is 24.0 Å². The van der Waals surface area contributed by atoms with Crippen LogP contribution in [0.1, 0.15) is 44.5 Å². The van der Waals surface area contributed by atoms with Crippen molar-refractivity contribution in [3.63, 3.8) is 0 Å². The molecule has 1 aliphatic rings. The minimum atomic E-state index is -0.925. The van der Waals surface area contributed by atoms with Gasteiger partial charge < -0.3 is 9.84 Å². The van der Waals surface area contributed by atoms with E-state index in [0.29, 0.717) is 0 Å². The van der Waals surface area contributed by atoms with Crippen LogP contribution in [0.25, 0.3) is 0 Å². The summed E-state index contributed by atoms with van der Waals surface area (Å²) in [5.74, 6) is -0.925. The quantitative estimate of drug-likeness (QED) is 0.921. The lowest BCUT2D eigenvalue weighted by atomic mass is 10.0. The Balaban J connectivity index is 2.17. The number of hydrogen-bond acceptors (Lipinski definition) is 4. The first kappa shape index (κ1) is 14.3. The molecule has 4 nitrogen and oxygen atoms in total. The topological polar surface area (TPSA) is 59.4 Å². The second kappa shape index (κ2) is 4.80. The van der Waals surface area contributed by atoms with E-state index in [1.807, 2.05) is 0 Å². The van der Waals surface area contributed by atoms with Crippen LogP contribution in [0.5, 0.6) is 0 Å². The molecule has 5 heteroatoms. The molecule has 1 saturated heterocycles. The molecule has 104 valence electrons. The third kappa shape index (κ3) is 3.28. The Morgan fingerprint density at radius 1 is 1.47 bits per heavy atom. The average Bonchev–Trinajstić information content (AvgIpc) is 2.47. The Hall–Kier alpha value is -1.07. The standard InChI is InChI=1S/C14H19NO3S/c1-13(2)8-10(14(3,4)18-13)19-11-7-9(12(16)17)5-6-15-11/h5-7,10H,8H2,1-4H3,(H,16,17). The van der Waals surface area contributed by atoms with Gasteiger partial charge in [0.05, 0.1) is 21.8 Å².